The molecule has 1 fully saturated rings. The number of aliphatic hydroxyl groups excluding tert-OH is 2. The van der Waals surface area contributed by atoms with E-state index in [9.17, 15) is 0 Å². The van der Waals surface area contributed by atoms with E-state index in [-0.39, 0.29) is 6.04 Å². The molecule has 0 saturated carbocycles. The minimum Gasteiger partial charge on any atom is -0.389 e. The van der Waals surface area contributed by atoms with Gasteiger partial charge >= 0.3 is 0 Å². The van der Waals surface area contributed by atoms with Gasteiger partial charge in [-0.05, 0) is 6.92 Å². The summed E-state index contributed by atoms with van der Waals surface area (Å²) in [6, 6.07) is 0.104. The van der Waals surface area contributed by atoms with E-state index >= 15 is 0 Å². The SMILES string of the molecule is C[C@H](N)CN1CC(O)C(O)C1. The Morgan fingerprint density at radius 1 is 1.45 bits per heavy atom. The van der Waals surface area contributed by atoms with Gasteiger partial charge < -0.3 is 15.9 Å². The number of hydrogen-bond donors (Lipinski definition) is 3. The Morgan fingerprint density at radius 3 is 2.27 bits per heavy atom. The summed E-state index contributed by atoms with van der Waals surface area (Å²) in [5.41, 5.74) is 5.56. The first-order chi connectivity index (χ1) is 5.09. The molecule has 4 N–H and O–H groups in total. The summed E-state index contributed by atoms with van der Waals surface area (Å²) in [5.74, 6) is 0. The van der Waals surface area contributed by atoms with Gasteiger partial charge in [-0.25, -0.2) is 0 Å². The Labute approximate surface area is 66.6 Å². The number of nitrogens with two attached hydrogens (primary N) is 1. The van der Waals surface area contributed by atoms with Gasteiger partial charge in [0.1, 0.15) is 0 Å². The van der Waals surface area contributed by atoms with E-state index in [0.29, 0.717) is 13.1 Å². The first kappa shape index (κ1) is 8.93. The monoisotopic (exact) mass is 160 g/mol. The van der Waals surface area contributed by atoms with Gasteiger partial charge in [0, 0.05) is 25.7 Å². The van der Waals surface area contributed by atoms with Crippen molar-refractivity contribution in [3.63, 3.8) is 0 Å². The number of nitrogens with zero attached hydrogens (tertiary/aromatic N) is 1. The fraction of sp³-hybridized carbons (Fsp3) is 1.00. The molecule has 0 spiro atoms. The third kappa shape index (κ3) is 2.41. The summed E-state index contributed by atoms with van der Waals surface area (Å²) < 4.78 is 0. The van der Waals surface area contributed by atoms with Gasteiger partial charge in [0.05, 0.1) is 12.2 Å². The third-order valence-electron chi connectivity index (χ3n) is 1.88. The molecule has 0 aromatic carbocycles. The molecule has 0 aromatic heterocycles. The van der Waals surface area contributed by atoms with Crippen LogP contribution in [0.3, 0.4) is 0 Å². The molecule has 0 bridgehead atoms. The van der Waals surface area contributed by atoms with Crippen LogP contribution >= 0.6 is 0 Å². The van der Waals surface area contributed by atoms with Crippen LogP contribution in [0.25, 0.3) is 0 Å². The van der Waals surface area contributed by atoms with Crippen LogP contribution in [-0.4, -0.2) is 53.0 Å². The lowest BCUT2D eigenvalue weighted by molar-refractivity contribution is 0.0572. The number of rotatable bonds is 2. The topological polar surface area (TPSA) is 69.7 Å². The van der Waals surface area contributed by atoms with Crippen LogP contribution in [0.4, 0.5) is 0 Å². The van der Waals surface area contributed by atoms with Crippen LogP contribution in [0.5, 0.6) is 0 Å². The molecular weight excluding hydrogens is 144 g/mol. The number of hydrogen-bond acceptors (Lipinski definition) is 4. The molecule has 66 valence electrons. The second-order valence-electron chi connectivity index (χ2n) is 3.33. The van der Waals surface area contributed by atoms with Crippen molar-refractivity contribution < 1.29 is 10.2 Å². The minimum atomic E-state index is -0.589. The molecule has 0 aromatic rings. The van der Waals surface area contributed by atoms with Gasteiger partial charge in [-0.3, -0.25) is 4.90 Å². The van der Waals surface area contributed by atoms with E-state index in [1.807, 2.05) is 11.8 Å². The van der Waals surface area contributed by atoms with Crippen molar-refractivity contribution in [1.82, 2.24) is 4.90 Å². The third-order valence-corrected chi connectivity index (χ3v) is 1.88. The lowest BCUT2D eigenvalue weighted by atomic mass is 10.3. The van der Waals surface area contributed by atoms with Crippen molar-refractivity contribution in [2.24, 2.45) is 5.73 Å². The van der Waals surface area contributed by atoms with Gasteiger partial charge in [-0.2, -0.15) is 0 Å². The summed E-state index contributed by atoms with van der Waals surface area (Å²) in [4.78, 5) is 1.97. The highest BCUT2D eigenvalue weighted by atomic mass is 16.3. The van der Waals surface area contributed by atoms with Crippen molar-refractivity contribution in [2.45, 2.75) is 25.2 Å². The fourth-order valence-electron chi connectivity index (χ4n) is 1.40. The molecule has 0 aliphatic carbocycles. The standard InChI is InChI=1S/C7H16N2O2/c1-5(8)2-9-3-6(10)7(11)4-9/h5-7,10-11H,2-4,8H2,1H3/t5-,6?,7?/m0/s1. The van der Waals surface area contributed by atoms with Gasteiger partial charge in [0.2, 0.25) is 0 Å². The largest absolute Gasteiger partial charge is 0.389 e. The predicted molar refractivity (Wildman–Crippen MR) is 42.1 cm³/mol. The van der Waals surface area contributed by atoms with E-state index in [0.717, 1.165) is 6.54 Å². The van der Waals surface area contributed by atoms with Crippen LogP contribution in [0, 0.1) is 0 Å². The van der Waals surface area contributed by atoms with Gasteiger partial charge in [0.25, 0.3) is 0 Å². The minimum absolute atomic E-state index is 0.104. The van der Waals surface area contributed by atoms with E-state index in [1.165, 1.54) is 0 Å². The first-order valence-electron chi connectivity index (χ1n) is 3.93. The van der Waals surface area contributed by atoms with Crippen molar-refractivity contribution in [3.8, 4) is 0 Å². The summed E-state index contributed by atoms with van der Waals surface area (Å²) >= 11 is 0. The average Bonchev–Trinajstić information content (AvgIpc) is 2.10. The first-order valence-corrected chi connectivity index (χ1v) is 3.93. The van der Waals surface area contributed by atoms with Crippen LogP contribution in [0.15, 0.2) is 0 Å². The highest BCUT2D eigenvalue weighted by molar-refractivity contribution is 4.84. The normalized spacial score (nSPS) is 36.0. The van der Waals surface area contributed by atoms with E-state index in [2.05, 4.69) is 0 Å². The lowest BCUT2D eigenvalue weighted by Gasteiger charge is -2.16. The van der Waals surface area contributed by atoms with E-state index < -0.39 is 12.2 Å². The lowest BCUT2D eigenvalue weighted by Crippen LogP contribution is -2.34. The Kier molecular flexibility index (Phi) is 2.84. The Balaban J connectivity index is 2.29. The Morgan fingerprint density at radius 2 is 1.91 bits per heavy atom. The van der Waals surface area contributed by atoms with Crippen molar-refractivity contribution in [3.05, 3.63) is 0 Å². The van der Waals surface area contributed by atoms with E-state index in [1.54, 1.807) is 0 Å². The number of β-amino-alcohol motifs (C(OH)–C–C–N with tert-alkyl or cyclic N) is 2. The molecule has 3 atom stereocenters. The van der Waals surface area contributed by atoms with Crippen molar-refractivity contribution in [2.75, 3.05) is 19.6 Å². The molecule has 1 saturated heterocycles. The van der Waals surface area contributed by atoms with Crippen molar-refractivity contribution in [1.29, 1.82) is 0 Å². The van der Waals surface area contributed by atoms with Crippen LogP contribution in [0.2, 0.25) is 0 Å². The molecule has 0 radical (unpaired) electrons. The maximum atomic E-state index is 9.15. The summed E-state index contributed by atoms with van der Waals surface area (Å²) in [5, 5.41) is 18.3. The molecular formula is C7H16N2O2. The molecule has 1 aliphatic heterocycles. The molecule has 4 heteroatoms. The predicted octanol–water partition coefficient (Wildman–Crippen LogP) is -1.63. The fourth-order valence-corrected chi connectivity index (χ4v) is 1.40. The maximum absolute atomic E-state index is 9.15. The zero-order chi connectivity index (χ0) is 8.43. The van der Waals surface area contributed by atoms with Crippen molar-refractivity contribution >= 4 is 0 Å². The van der Waals surface area contributed by atoms with Gasteiger partial charge in [0.15, 0.2) is 0 Å². The Bertz CT molecular complexity index is 117. The molecule has 1 aliphatic rings. The number of likely N-dealkylation sites (tertiary alicyclic amines) is 1. The number of aliphatic hydroxyl groups is 2. The van der Waals surface area contributed by atoms with Crippen LogP contribution in [-0.2, 0) is 0 Å². The highest BCUT2D eigenvalue weighted by Gasteiger charge is 2.29. The van der Waals surface area contributed by atoms with Crippen LogP contribution < -0.4 is 5.73 Å². The average molecular weight is 160 g/mol. The molecule has 11 heavy (non-hydrogen) atoms. The molecule has 1 rings (SSSR count). The zero-order valence-electron chi connectivity index (χ0n) is 6.77. The van der Waals surface area contributed by atoms with Gasteiger partial charge in [-0.1, -0.05) is 0 Å². The highest BCUT2D eigenvalue weighted by Crippen LogP contribution is 2.09. The maximum Gasteiger partial charge on any atom is 0.0938 e. The summed E-state index contributed by atoms with van der Waals surface area (Å²) in [6.45, 7) is 3.75. The molecule has 4 nitrogen and oxygen atoms in total. The summed E-state index contributed by atoms with van der Waals surface area (Å²) in [7, 11) is 0. The molecule has 1 heterocycles. The Hall–Kier alpha value is -0.160. The van der Waals surface area contributed by atoms with Crippen LogP contribution in [0.1, 0.15) is 6.92 Å². The van der Waals surface area contributed by atoms with Gasteiger partial charge in [-0.15, -0.1) is 0 Å². The van der Waals surface area contributed by atoms with E-state index in [4.69, 9.17) is 15.9 Å². The second-order valence-corrected chi connectivity index (χ2v) is 3.33. The molecule has 0 amide bonds. The molecule has 2 unspecified atom stereocenters. The smallest absolute Gasteiger partial charge is 0.0938 e. The zero-order valence-corrected chi connectivity index (χ0v) is 6.77. The second kappa shape index (κ2) is 3.49. The quantitative estimate of drug-likeness (QED) is 0.453. The summed E-state index contributed by atoms with van der Waals surface area (Å²) in [6.07, 6.45) is -1.18.